The first kappa shape index (κ1) is 19.9. The Labute approximate surface area is 159 Å². The van der Waals surface area contributed by atoms with Crippen molar-refractivity contribution in [2.75, 3.05) is 26.0 Å². The average molecular weight is 374 g/mol. The summed E-state index contributed by atoms with van der Waals surface area (Å²) in [5, 5.41) is 6.02. The Kier molecular flexibility index (Phi) is 6.77. The minimum Gasteiger partial charge on any atom is -0.355 e. The van der Waals surface area contributed by atoms with Crippen LogP contribution in [-0.4, -0.2) is 37.4 Å². The van der Waals surface area contributed by atoms with Crippen molar-refractivity contribution in [3.05, 3.63) is 63.7 Å². The molecule has 0 aromatic heterocycles. The van der Waals surface area contributed by atoms with Crippen LogP contribution in [0.15, 0.2) is 36.4 Å². The normalized spacial score (nSPS) is 10.7. The zero-order valence-electron chi connectivity index (χ0n) is 15.5. The molecular weight excluding hydrogens is 350 g/mol. The molecule has 5 nitrogen and oxygen atoms in total. The average Bonchev–Trinajstić information content (AvgIpc) is 2.58. The third kappa shape index (κ3) is 5.31. The van der Waals surface area contributed by atoms with E-state index in [4.69, 9.17) is 11.6 Å². The van der Waals surface area contributed by atoms with Crippen LogP contribution in [0.4, 0.5) is 5.69 Å². The first-order valence-electron chi connectivity index (χ1n) is 8.36. The zero-order valence-corrected chi connectivity index (χ0v) is 16.3. The van der Waals surface area contributed by atoms with Gasteiger partial charge in [-0.25, -0.2) is 0 Å². The van der Waals surface area contributed by atoms with Crippen molar-refractivity contribution in [1.82, 2.24) is 10.2 Å². The highest BCUT2D eigenvalue weighted by Gasteiger charge is 2.12. The number of carbonyl (C=O) groups is 2. The summed E-state index contributed by atoms with van der Waals surface area (Å²) in [5.41, 5.74) is 4.29. The van der Waals surface area contributed by atoms with Crippen molar-refractivity contribution in [3.63, 3.8) is 0 Å². The largest absolute Gasteiger partial charge is 0.355 e. The number of likely N-dealkylation sites (N-methyl/N-ethyl adjacent to an activating group) is 1. The van der Waals surface area contributed by atoms with E-state index in [1.807, 2.05) is 50.1 Å². The minimum atomic E-state index is -0.122. The van der Waals surface area contributed by atoms with Gasteiger partial charge in [-0.2, -0.15) is 0 Å². The highest BCUT2D eigenvalue weighted by atomic mass is 35.5. The van der Waals surface area contributed by atoms with E-state index in [1.165, 1.54) is 0 Å². The molecule has 2 aromatic carbocycles. The Balaban J connectivity index is 1.94. The molecule has 138 valence electrons. The molecule has 0 atom stereocenters. The van der Waals surface area contributed by atoms with E-state index in [2.05, 4.69) is 10.6 Å². The molecule has 0 heterocycles. The molecule has 0 fully saturated rings. The van der Waals surface area contributed by atoms with Crippen molar-refractivity contribution < 1.29 is 9.59 Å². The lowest BCUT2D eigenvalue weighted by Crippen LogP contribution is -2.30. The molecule has 2 rings (SSSR count). The summed E-state index contributed by atoms with van der Waals surface area (Å²) in [5.74, 6) is -0.238. The number of hydrogen-bond donors (Lipinski definition) is 2. The first-order valence-corrected chi connectivity index (χ1v) is 8.74. The van der Waals surface area contributed by atoms with Crippen LogP contribution in [0.2, 0.25) is 5.02 Å². The topological polar surface area (TPSA) is 61.4 Å². The molecule has 2 aromatic rings. The highest BCUT2D eigenvalue weighted by molar-refractivity contribution is 6.34. The SMILES string of the molecule is CNC(=O)c1ccc(CN(C)CC(=O)Nc2c(C)cc(C)cc2Cl)cc1. The number of benzene rings is 2. The lowest BCUT2D eigenvalue weighted by atomic mass is 10.1. The molecule has 0 spiro atoms. The van der Waals surface area contributed by atoms with Gasteiger partial charge in [0.15, 0.2) is 0 Å². The van der Waals surface area contributed by atoms with Crippen molar-refractivity contribution in [3.8, 4) is 0 Å². The van der Waals surface area contributed by atoms with E-state index < -0.39 is 0 Å². The number of nitrogens with one attached hydrogen (secondary N) is 2. The molecule has 0 saturated heterocycles. The van der Waals surface area contributed by atoms with Crippen molar-refractivity contribution >= 4 is 29.1 Å². The molecule has 26 heavy (non-hydrogen) atoms. The van der Waals surface area contributed by atoms with Gasteiger partial charge in [0.25, 0.3) is 5.91 Å². The van der Waals surface area contributed by atoms with Crippen LogP contribution in [-0.2, 0) is 11.3 Å². The van der Waals surface area contributed by atoms with E-state index >= 15 is 0 Å². The number of hydrogen-bond acceptors (Lipinski definition) is 3. The van der Waals surface area contributed by atoms with E-state index in [9.17, 15) is 9.59 Å². The fraction of sp³-hybridized carbons (Fsp3) is 0.300. The van der Waals surface area contributed by atoms with E-state index in [1.54, 1.807) is 19.2 Å². The van der Waals surface area contributed by atoms with Gasteiger partial charge in [0.1, 0.15) is 0 Å². The Bertz CT molecular complexity index is 780. The number of halogens is 1. The number of carbonyl (C=O) groups excluding carboxylic acids is 2. The summed E-state index contributed by atoms with van der Waals surface area (Å²) in [6.45, 7) is 4.72. The highest BCUT2D eigenvalue weighted by Crippen LogP contribution is 2.27. The molecule has 2 N–H and O–H groups in total. The van der Waals surface area contributed by atoms with Crippen molar-refractivity contribution in [2.24, 2.45) is 0 Å². The third-order valence-corrected chi connectivity index (χ3v) is 4.30. The van der Waals surface area contributed by atoms with Crippen LogP contribution in [0.25, 0.3) is 0 Å². The molecule has 2 amide bonds. The maximum Gasteiger partial charge on any atom is 0.251 e. The van der Waals surface area contributed by atoms with Crippen molar-refractivity contribution in [2.45, 2.75) is 20.4 Å². The smallest absolute Gasteiger partial charge is 0.251 e. The fourth-order valence-corrected chi connectivity index (χ4v) is 3.14. The number of anilines is 1. The molecular formula is C20H24ClN3O2. The predicted octanol–water partition coefficient (Wildman–Crippen LogP) is 3.39. The lowest BCUT2D eigenvalue weighted by molar-refractivity contribution is -0.117. The Hall–Kier alpha value is -2.37. The number of aryl methyl sites for hydroxylation is 2. The molecule has 0 radical (unpaired) electrons. The maximum absolute atomic E-state index is 12.3. The molecule has 0 aliphatic carbocycles. The summed E-state index contributed by atoms with van der Waals surface area (Å²) >= 11 is 6.24. The van der Waals surface area contributed by atoms with Gasteiger partial charge in [0.2, 0.25) is 5.91 Å². The maximum atomic E-state index is 12.3. The van der Waals surface area contributed by atoms with Gasteiger partial charge in [0.05, 0.1) is 17.3 Å². The fourth-order valence-electron chi connectivity index (χ4n) is 2.77. The number of amides is 2. The molecule has 0 unspecified atom stereocenters. The molecule has 0 aliphatic rings. The van der Waals surface area contributed by atoms with Crippen LogP contribution >= 0.6 is 11.6 Å². The second-order valence-electron chi connectivity index (χ2n) is 6.44. The molecule has 0 aliphatic heterocycles. The van der Waals surface area contributed by atoms with Gasteiger partial charge in [-0.15, -0.1) is 0 Å². The molecule has 0 saturated carbocycles. The molecule has 0 bridgehead atoms. The van der Waals surface area contributed by atoms with Crippen LogP contribution in [0, 0.1) is 13.8 Å². The zero-order chi connectivity index (χ0) is 19.3. The Morgan fingerprint density at radius 3 is 2.35 bits per heavy atom. The first-order chi connectivity index (χ1) is 12.3. The summed E-state index contributed by atoms with van der Waals surface area (Å²) in [6.07, 6.45) is 0. The van der Waals surface area contributed by atoms with Gasteiger partial charge in [-0.05, 0) is 55.8 Å². The van der Waals surface area contributed by atoms with E-state index in [0.717, 1.165) is 16.7 Å². The summed E-state index contributed by atoms with van der Waals surface area (Å²) < 4.78 is 0. The van der Waals surface area contributed by atoms with Crippen LogP contribution < -0.4 is 10.6 Å². The van der Waals surface area contributed by atoms with Gasteiger partial charge in [0, 0.05) is 19.2 Å². The predicted molar refractivity (Wildman–Crippen MR) is 106 cm³/mol. The van der Waals surface area contributed by atoms with Gasteiger partial charge in [-0.1, -0.05) is 29.8 Å². The summed E-state index contributed by atoms with van der Waals surface area (Å²) in [4.78, 5) is 25.8. The molecule has 6 heteroatoms. The van der Waals surface area contributed by atoms with Crippen LogP contribution in [0.1, 0.15) is 27.0 Å². The van der Waals surface area contributed by atoms with Gasteiger partial charge >= 0.3 is 0 Å². The lowest BCUT2D eigenvalue weighted by Gasteiger charge is -2.18. The van der Waals surface area contributed by atoms with Crippen LogP contribution in [0.5, 0.6) is 0 Å². The van der Waals surface area contributed by atoms with Crippen LogP contribution in [0.3, 0.4) is 0 Å². The standard InChI is InChI=1S/C20H24ClN3O2/c1-13-9-14(2)19(17(21)10-13)23-18(25)12-24(4)11-15-5-7-16(8-6-15)20(26)22-3/h5-10H,11-12H2,1-4H3,(H,22,26)(H,23,25). The summed E-state index contributed by atoms with van der Waals surface area (Å²) in [6, 6.07) is 11.1. The Morgan fingerprint density at radius 1 is 1.12 bits per heavy atom. The number of rotatable bonds is 6. The second-order valence-corrected chi connectivity index (χ2v) is 6.84. The van der Waals surface area contributed by atoms with E-state index in [-0.39, 0.29) is 18.4 Å². The second kappa shape index (κ2) is 8.83. The quantitative estimate of drug-likeness (QED) is 0.815. The Morgan fingerprint density at radius 2 is 1.77 bits per heavy atom. The van der Waals surface area contributed by atoms with Crippen molar-refractivity contribution in [1.29, 1.82) is 0 Å². The van der Waals surface area contributed by atoms with E-state index in [0.29, 0.717) is 22.8 Å². The third-order valence-electron chi connectivity index (χ3n) is 4.01. The number of nitrogens with zero attached hydrogens (tertiary/aromatic N) is 1. The van der Waals surface area contributed by atoms with Gasteiger partial charge < -0.3 is 10.6 Å². The summed E-state index contributed by atoms with van der Waals surface area (Å²) in [7, 11) is 3.47. The van der Waals surface area contributed by atoms with Gasteiger partial charge in [-0.3, -0.25) is 14.5 Å². The monoisotopic (exact) mass is 373 g/mol. The minimum absolute atomic E-state index is 0.116.